The summed E-state index contributed by atoms with van der Waals surface area (Å²) in [5.74, 6) is 0.492. The second-order valence-electron chi connectivity index (χ2n) is 6.86. The number of rotatable bonds is 9. The van der Waals surface area contributed by atoms with Gasteiger partial charge in [0.1, 0.15) is 34.0 Å². The number of carbonyl (C=O) groups excluding carboxylic acids is 2. The number of aryl methyl sites for hydroxylation is 1. The minimum atomic E-state index is -3.31. The molecule has 0 aliphatic carbocycles. The molecular formula is C20H26N2O6S. The van der Waals surface area contributed by atoms with Gasteiger partial charge in [-0.3, -0.25) is 4.79 Å². The van der Waals surface area contributed by atoms with Gasteiger partial charge in [0.25, 0.3) is 0 Å². The lowest BCUT2D eigenvalue weighted by atomic mass is 10.2. The Labute approximate surface area is 170 Å². The third kappa shape index (κ3) is 7.98. The van der Waals surface area contributed by atoms with E-state index in [1.165, 1.54) is 0 Å². The molecule has 2 rings (SSSR count). The van der Waals surface area contributed by atoms with Gasteiger partial charge in [0.05, 0.1) is 11.8 Å². The first kappa shape index (κ1) is 22.5. The van der Waals surface area contributed by atoms with Crippen molar-refractivity contribution in [1.82, 2.24) is 10.6 Å². The van der Waals surface area contributed by atoms with Crippen molar-refractivity contribution in [3.63, 3.8) is 0 Å². The molecule has 2 amide bonds. The van der Waals surface area contributed by atoms with E-state index in [4.69, 9.17) is 9.15 Å². The molecule has 2 aromatic rings. The number of benzene rings is 1. The van der Waals surface area contributed by atoms with E-state index in [0.717, 1.165) is 11.8 Å². The third-order valence-corrected chi connectivity index (χ3v) is 5.12. The summed E-state index contributed by atoms with van der Waals surface area (Å²) in [5.41, 5.74) is 0.793. The van der Waals surface area contributed by atoms with Crippen molar-refractivity contribution >= 4 is 21.8 Å². The zero-order chi connectivity index (χ0) is 21.4. The molecular weight excluding hydrogens is 396 g/mol. The maximum atomic E-state index is 12.6. The molecule has 9 heteroatoms. The summed E-state index contributed by atoms with van der Waals surface area (Å²) in [4.78, 5) is 24.8. The monoisotopic (exact) mass is 422 g/mol. The first-order chi connectivity index (χ1) is 13.6. The summed E-state index contributed by atoms with van der Waals surface area (Å²) >= 11 is 0. The Bertz CT molecular complexity index is 923. The molecule has 0 radical (unpaired) electrons. The number of amides is 2. The number of alkyl carbamates (subject to hydrolysis) is 1. The molecule has 1 heterocycles. The Morgan fingerprint density at radius 1 is 1.10 bits per heavy atom. The zero-order valence-corrected chi connectivity index (χ0v) is 17.5. The number of furan rings is 1. The van der Waals surface area contributed by atoms with Crippen LogP contribution in [0.5, 0.6) is 0 Å². The predicted octanol–water partition coefficient (Wildman–Crippen LogP) is 2.49. The second-order valence-corrected chi connectivity index (χ2v) is 9.12. The highest BCUT2D eigenvalue weighted by Gasteiger charge is 2.25. The van der Waals surface area contributed by atoms with Crippen molar-refractivity contribution in [2.45, 2.75) is 39.0 Å². The fourth-order valence-electron chi connectivity index (χ4n) is 2.58. The topological polar surface area (TPSA) is 115 Å². The molecule has 1 aromatic carbocycles. The lowest BCUT2D eigenvalue weighted by molar-refractivity contribution is -0.123. The van der Waals surface area contributed by atoms with E-state index < -0.39 is 33.9 Å². The lowest BCUT2D eigenvalue weighted by Gasteiger charge is -2.20. The Morgan fingerprint density at radius 2 is 1.79 bits per heavy atom. The highest BCUT2D eigenvalue weighted by atomic mass is 32.2. The van der Waals surface area contributed by atoms with Gasteiger partial charge in [-0.2, -0.15) is 0 Å². The van der Waals surface area contributed by atoms with Crippen LogP contribution in [0.1, 0.15) is 36.5 Å². The van der Waals surface area contributed by atoms with Crippen LogP contribution >= 0.6 is 0 Å². The number of hydrogen-bond donors (Lipinski definition) is 2. The molecule has 0 spiro atoms. The normalized spacial score (nSPS) is 13.3. The standard InChI is InChI=1S/C20H26N2O6S/c1-14-9-10-18(28-14)15(2)21-19(23)17(11-12-29(3,25)26)22-20(24)27-13-16-7-5-4-6-8-16/h4-10,15,17H,11-13H2,1-3H3,(H,21,23)(H,22,24). The lowest BCUT2D eigenvalue weighted by Crippen LogP contribution is -2.48. The molecule has 0 saturated heterocycles. The Hall–Kier alpha value is -2.81. The number of nitrogens with one attached hydrogen (secondary N) is 2. The van der Waals surface area contributed by atoms with E-state index in [-0.39, 0.29) is 18.8 Å². The predicted molar refractivity (Wildman–Crippen MR) is 108 cm³/mol. The Kier molecular flexibility index (Phi) is 7.83. The highest BCUT2D eigenvalue weighted by molar-refractivity contribution is 7.90. The van der Waals surface area contributed by atoms with E-state index in [1.54, 1.807) is 38.1 Å². The average molecular weight is 423 g/mol. The first-order valence-corrected chi connectivity index (χ1v) is 11.2. The van der Waals surface area contributed by atoms with Gasteiger partial charge in [-0.05, 0) is 38.0 Å². The fourth-order valence-corrected chi connectivity index (χ4v) is 3.24. The number of ether oxygens (including phenoxy) is 1. The van der Waals surface area contributed by atoms with Crippen molar-refractivity contribution in [3.05, 3.63) is 59.5 Å². The highest BCUT2D eigenvalue weighted by Crippen LogP contribution is 2.16. The largest absolute Gasteiger partial charge is 0.464 e. The summed E-state index contributed by atoms with van der Waals surface area (Å²) in [7, 11) is -3.31. The van der Waals surface area contributed by atoms with Gasteiger partial charge in [-0.15, -0.1) is 0 Å². The summed E-state index contributed by atoms with van der Waals surface area (Å²) in [5, 5.41) is 5.18. The van der Waals surface area contributed by atoms with E-state index in [1.807, 2.05) is 18.2 Å². The van der Waals surface area contributed by atoms with Crippen molar-refractivity contribution < 1.29 is 27.2 Å². The van der Waals surface area contributed by atoms with Gasteiger partial charge in [-0.25, -0.2) is 13.2 Å². The van der Waals surface area contributed by atoms with Crippen molar-refractivity contribution in [1.29, 1.82) is 0 Å². The van der Waals surface area contributed by atoms with Crippen LogP contribution in [0.15, 0.2) is 46.9 Å². The first-order valence-electron chi connectivity index (χ1n) is 9.15. The van der Waals surface area contributed by atoms with Gasteiger partial charge in [-0.1, -0.05) is 30.3 Å². The van der Waals surface area contributed by atoms with Crippen LogP contribution < -0.4 is 10.6 Å². The van der Waals surface area contributed by atoms with Gasteiger partial charge >= 0.3 is 6.09 Å². The van der Waals surface area contributed by atoms with Crippen LogP contribution in [0, 0.1) is 6.92 Å². The van der Waals surface area contributed by atoms with Gasteiger partial charge in [0, 0.05) is 6.26 Å². The van der Waals surface area contributed by atoms with E-state index in [0.29, 0.717) is 11.5 Å². The third-order valence-electron chi connectivity index (χ3n) is 4.15. The number of carbonyl (C=O) groups is 2. The van der Waals surface area contributed by atoms with Crippen LogP contribution in [0.3, 0.4) is 0 Å². The summed E-state index contributed by atoms with van der Waals surface area (Å²) < 4.78 is 33.6. The molecule has 0 saturated carbocycles. The van der Waals surface area contributed by atoms with Crippen molar-refractivity contribution in [2.24, 2.45) is 0 Å². The van der Waals surface area contributed by atoms with Gasteiger partial charge < -0.3 is 19.8 Å². The van der Waals surface area contributed by atoms with Crippen LogP contribution in [0.4, 0.5) is 4.79 Å². The van der Waals surface area contributed by atoms with Gasteiger partial charge in [0.2, 0.25) is 5.91 Å². The number of hydrogen-bond acceptors (Lipinski definition) is 6. The van der Waals surface area contributed by atoms with Crippen LogP contribution in [0.2, 0.25) is 0 Å². The average Bonchev–Trinajstić information content (AvgIpc) is 3.10. The van der Waals surface area contributed by atoms with Crippen LogP contribution in [-0.4, -0.2) is 38.5 Å². The van der Waals surface area contributed by atoms with Crippen molar-refractivity contribution in [2.75, 3.05) is 12.0 Å². The fraction of sp³-hybridized carbons (Fsp3) is 0.400. The minimum absolute atomic E-state index is 0.0369. The minimum Gasteiger partial charge on any atom is -0.464 e. The molecule has 0 fully saturated rings. The SMILES string of the molecule is Cc1ccc(C(C)NC(=O)C(CCS(C)(=O)=O)NC(=O)OCc2ccccc2)o1. The molecule has 1 aromatic heterocycles. The molecule has 8 nitrogen and oxygen atoms in total. The summed E-state index contributed by atoms with van der Waals surface area (Å²) in [6.07, 6.45) is 0.197. The maximum Gasteiger partial charge on any atom is 0.408 e. The molecule has 2 atom stereocenters. The number of sulfone groups is 1. The molecule has 2 N–H and O–H groups in total. The summed E-state index contributed by atoms with van der Waals surface area (Å²) in [6.45, 7) is 3.56. The van der Waals surface area contributed by atoms with E-state index in [2.05, 4.69) is 10.6 Å². The second kappa shape index (κ2) is 10.1. The molecule has 158 valence electrons. The summed E-state index contributed by atoms with van der Waals surface area (Å²) in [6, 6.07) is 11.1. The van der Waals surface area contributed by atoms with Crippen LogP contribution in [-0.2, 0) is 26.0 Å². The molecule has 0 aliphatic heterocycles. The Balaban J connectivity index is 1.98. The Morgan fingerprint density at radius 3 is 2.38 bits per heavy atom. The van der Waals surface area contributed by atoms with E-state index >= 15 is 0 Å². The molecule has 0 bridgehead atoms. The van der Waals surface area contributed by atoms with Crippen molar-refractivity contribution in [3.8, 4) is 0 Å². The quantitative estimate of drug-likeness (QED) is 0.642. The molecule has 2 unspecified atom stereocenters. The molecule has 0 aliphatic rings. The van der Waals surface area contributed by atoms with E-state index in [9.17, 15) is 18.0 Å². The maximum absolute atomic E-state index is 12.6. The van der Waals surface area contributed by atoms with Gasteiger partial charge in [0.15, 0.2) is 0 Å². The zero-order valence-electron chi connectivity index (χ0n) is 16.7. The molecule has 29 heavy (non-hydrogen) atoms. The smallest absolute Gasteiger partial charge is 0.408 e. The van der Waals surface area contributed by atoms with Crippen LogP contribution in [0.25, 0.3) is 0 Å².